The monoisotopic (exact) mass is 456 g/mol. The van der Waals surface area contributed by atoms with Crippen LogP contribution in [0.25, 0.3) is 11.1 Å². The number of halogens is 4. The van der Waals surface area contributed by atoms with E-state index >= 15 is 0 Å². The van der Waals surface area contributed by atoms with Gasteiger partial charge in [0.1, 0.15) is 35.7 Å². The number of ether oxygens (including phenoxy) is 1. The minimum atomic E-state index is -4.52. The van der Waals surface area contributed by atoms with Gasteiger partial charge in [-0.05, 0) is 35.9 Å². The van der Waals surface area contributed by atoms with E-state index in [-0.39, 0.29) is 18.0 Å². The average molecular weight is 457 g/mol. The molecule has 4 rings (SSSR count). The highest BCUT2D eigenvalue weighted by Gasteiger charge is 2.32. The standard InChI is InChI=1S/C19H13ClF3N3O3S/c20-13-9-16(18-25-30(27,28)8-7-26(18)11-13)12-1-3-14(4-2-12)29-15-5-6-17(24-10-15)19(21,22)23/h1-6,9-11H,7-8H2/p+1. The number of nitrogens with zero attached hydrogens (tertiary/aromatic N) is 2. The summed E-state index contributed by atoms with van der Waals surface area (Å²) in [7, 11) is -3.43. The van der Waals surface area contributed by atoms with Crippen molar-refractivity contribution in [2.24, 2.45) is 0 Å². The van der Waals surface area contributed by atoms with Crippen molar-refractivity contribution in [1.29, 1.82) is 0 Å². The fourth-order valence-corrected chi connectivity index (χ4v) is 4.27. The third kappa shape index (κ3) is 4.34. The molecule has 0 atom stereocenters. The molecule has 0 radical (unpaired) electrons. The van der Waals surface area contributed by atoms with E-state index in [2.05, 4.69) is 9.71 Å². The van der Waals surface area contributed by atoms with Gasteiger partial charge in [-0.25, -0.2) is 9.55 Å². The van der Waals surface area contributed by atoms with Gasteiger partial charge in [0.25, 0.3) is 5.82 Å². The molecule has 0 amide bonds. The number of nitrogens with one attached hydrogen (secondary N) is 1. The minimum absolute atomic E-state index is 0.0433. The van der Waals surface area contributed by atoms with E-state index in [0.29, 0.717) is 27.7 Å². The van der Waals surface area contributed by atoms with E-state index in [1.54, 1.807) is 41.1 Å². The summed E-state index contributed by atoms with van der Waals surface area (Å²) in [5.41, 5.74) is 0.271. The zero-order valence-corrected chi connectivity index (χ0v) is 16.7. The zero-order chi connectivity index (χ0) is 21.5. The van der Waals surface area contributed by atoms with E-state index in [0.717, 1.165) is 12.3 Å². The third-order valence-electron chi connectivity index (χ3n) is 4.38. The van der Waals surface area contributed by atoms with Crippen LogP contribution in [0.15, 0.2) is 54.9 Å². The molecule has 0 bridgehead atoms. The van der Waals surface area contributed by atoms with E-state index in [1.807, 2.05) is 0 Å². The lowest BCUT2D eigenvalue weighted by atomic mass is 10.1. The van der Waals surface area contributed by atoms with Gasteiger partial charge >= 0.3 is 16.2 Å². The maximum absolute atomic E-state index is 12.6. The number of hydrogen-bond donors (Lipinski definition) is 1. The second-order valence-corrected chi connectivity index (χ2v) is 8.82. The number of pyridine rings is 2. The van der Waals surface area contributed by atoms with Crippen LogP contribution >= 0.6 is 11.6 Å². The number of alkyl halides is 3. The molecule has 6 nitrogen and oxygen atoms in total. The second kappa shape index (κ2) is 7.44. The fraction of sp³-hybridized carbons (Fsp3) is 0.158. The second-order valence-electron chi connectivity index (χ2n) is 6.54. The van der Waals surface area contributed by atoms with Crippen molar-refractivity contribution in [3.8, 4) is 22.6 Å². The van der Waals surface area contributed by atoms with E-state index in [9.17, 15) is 21.6 Å². The van der Waals surface area contributed by atoms with Gasteiger partial charge in [-0.15, -0.1) is 0 Å². The Balaban J connectivity index is 1.60. The molecule has 0 saturated carbocycles. The lowest BCUT2D eigenvalue weighted by molar-refractivity contribution is -0.679. The summed E-state index contributed by atoms with van der Waals surface area (Å²) in [5.74, 6) is 0.896. The van der Waals surface area contributed by atoms with Crippen molar-refractivity contribution >= 4 is 27.4 Å². The Morgan fingerprint density at radius 2 is 1.80 bits per heavy atom. The molecule has 3 heterocycles. The smallest absolute Gasteiger partial charge is 0.433 e. The number of anilines is 1. The number of rotatable bonds is 3. The van der Waals surface area contributed by atoms with Crippen LogP contribution in [0.3, 0.4) is 0 Å². The van der Waals surface area contributed by atoms with Gasteiger partial charge in [-0.1, -0.05) is 23.7 Å². The average Bonchev–Trinajstić information content (AvgIpc) is 2.68. The van der Waals surface area contributed by atoms with Crippen LogP contribution in [0.4, 0.5) is 19.0 Å². The zero-order valence-electron chi connectivity index (χ0n) is 15.1. The molecule has 0 unspecified atom stereocenters. The van der Waals surface area contributed by atoms with Gasteiger partial charge in [-0.2, -0.15) is 26.3 Å². The summed E-state index contributed by atoms with van der Waals surface area (Å²) in [4.78, 5) is 3.35. The van der Waals surface area contributed by atoms with Crippen molar-refractivity contribution in [2.45, 2.75) is 12.7 Å². The molecule has 156 valence electrons. The van der Waals surface area contributed by atoms with Crippen molar-refractivity contribution in [1.82, 2.24) is 4.98 Å². The molecule has 3 aromatic rings. The lowest BCUT2D eigenvalue weighted by Crippen LogP contribution is -2.47. The van der Waals surface area contributed by atoms with Gasteiger partial charge in [0.15, 0.2) is 0 Å². The predicted molar refractivity (Wildman–Crippen MR) is 104 cm³/mol. The summed E-state index contributed by atoms with van der Waals surface area (Å²) in [6.07, 6.45) is -1.87. The highest BCUT2D eigenvalue weighted by molar-refractivity contribution is 7.92. The first-order valence-corrected chi connectivity index (χ1v) is 10.7. The van der Waals surface area contributed by atoms with Crippen molar-refractivity contribution in [3.63, 3.8) is 0 Å². The first kappa shape index (κ1) is 20.4. The molecule has 1 aromatic carbocycles. The minimum Gasteiger partial charge on any atom is -0.456 e. The summed E-state index contributed by atoms with van der Waals surface area (Å²) in [6, 6.07) is 10.3. The Morgan fingerprint density at radius 1 is 1.10 bits per heavy atom. The van der Waals surface area contributed by atoms with Gasteiger partial charge < -0.3 is 4.74 Å². The first-order chi connectivity index (χ1) is 14.1. The highest BCUT2D eigenvalue weighted by atomic mass is 35.5. The number of fused-ring (bicyclic) bond motifs is 1. The van der Waals surface area contributed by atoms with Crippen LogP contribution in [0.1, 0.15) is 5.69 Å². The molecule has 0 spiro atoms. The van der Waals surface area contributed by atoms with Crippen LogP contribution < -0.4 is 14.0 Å². The van der Waals surface area contributed by atoms with Crippen molar-refractivity contribution in [3.05, 3.63) is 65.6 Å². The van der Waals surface area contributed by atoms with Gasteiger partial charge in [0.2, 0.25) is 0 Å². The van der Waals surface area contributed by atoms with Crippen LogP contribution in [0, 0.1) is 0 Å². The normalized spacial score (nSPS) is 15.2. The molecule has 1 aliphatic rings. The predicted octanol–water partition coefficient (Wildman–Crippen LogP) is 4.26. The molecule has 0 fully saturated rings. The molecule has 1 N–H and O–H groups in total. The molecule has 0 saturated heterocycles. The molecular weight excluding hydrogens is 443 g/mol. The topological polar surface area (TPSA) is 72.2 Å². The van der Waals surface area contributed by atoms with Gasteiger partial charge in [-0.3, -0.25) is 0 Å². The Bertz CT molecular complexity index is 1200. The van der Waals surface area contributed by atoms with E-state index in [4.69, 9.17) is 16.3 Å². The number of aryl methyl sites for hydroxylation is 1. The van der Waals surface area contributed by atoms with Crippen LogP contribution in [-0.2, 0) is 22.7 Å². The molecule has 2 aromatic heterocycles. The van der Waals surface area contributed by atoms with Crippen LogP contribution in [0.2, 0.25) is 5.02 Å². The molecule has 11 heteroatoms. The van der Waals surface area contributed by atoms with Crippen molar-refractivity contribution in [2.75, 3.05) is 10.5 Å². The Kier molecular flexibility index (Phi) is 5.07. The maximum Gasteiger partial charge on any atom is 0.433 e. The third-order valence-corrected chi connectivity index (χ3v) is 5.82. The van der Waals surface area contributed by atoms with Crippen molar-refractivity contribution < 1.29 is 30.9 Å². The van der Waals surface area contributed by atoms with E-state index in [1.165, 1.54) is 6.07 Å². The maximum atomic E-state index is 12.6. The Hall–Kier alpha value is -2.85. The summed E-state index contributed by atoms with van der Waals surface area (Å²) >= 11 is 6.18. The molecule has 30 heavy (non-hydrogen) atoms. The Morgan fingerprint density at radius 3 is 2.43 bits per heavy atom. The highest BCUT2D eigenvalue weighted by Crippen LogP contribution is 2.33. The quantitative estimate of drug-likeness (QED) is 0.598. The van der Waals surface area contributed by atoms with Crippen LogP contribution in [-0.4, -0.2) is 19.2 Å². The molecule has 1 aliphatic heterocycles. The number of aromatic nitrogens is 2. The molecular formula is C19H14ClF3N3O3S+. The lowest BCUT2D eigenvalue weighted by Gasteiger charge is -2.16. The first-order valence-electron chi connectivity index (χ1n) is 8.66. The van der Waals surface area contributed by atoms with Crippen LogP contribution in [0.5, 0.6) is 11.5 Å². The largest absolute Gasteiger partial charge is 0.456 e. The number of hydrogen-bond acceptors (Lipinski definition) is 4. The van der Waals surface area contributed by atoms with Gasteiger partial charge in [0, 0.05) is 0 Å². The number of benzene rings is 1. The SMILES string of the molecule is O=S1(=O)CC[n+]2cc(Cl)cc(-c3ccc(Oc4ccc(C(F)(F)F)nc4)cc3)c2N1. The Labute approximate surface area is 175 Å². The van der Waals surface area contributed by atoms with E-state index < -0.39 is 21.9 Å². The van der Waals surface area contributed by atoms with Gasteiger partial charge in [0.05, 0.1) is 16.8 Å². The summed E-state index contributed by atoms with van der Waals surface area (Å²) < 4.78 is 71.5. The fourth-order valence-electron chi connectivity index (χ4n) is 2.99. The number of sulfonamides is 1. The summed E-state index contributed by atoms with van der Waals surface area (Å²) in [6.45, 7) is 0.278. The molecule has 0 aliphatic carbocycles. The summed E-state index contributed by atoms with van der Waals surface area (Å²) in [5, 5.41) is 0.450.